The van der Waals surface area contributed by atoms with E-state index >= 15 is 0 Å². The van der Waals surface area contributed by atoms with Crippen LogP contribution in [0, 0.1) is 0 Å². The van der Waals surface area contributed by atoms with Crippen molar-refractivity contribution in [1.29, 1.82) is 0 Å². The zero-order chi connectivity index (χ0) is 13.7. The van der Waals surface area contributed by atoms with Gasteiger partial charge in [-0.15, -0.1) is 0 Å². The molecule has 0 spiro atoms. The molecule has 0 bridgehead atoms. The molecule has 1 N–H and O–H groups in total. The highest BCUT2D eigenvalue weighted by atomic mass is 35.5. The quantitative estimate of drug-likeness (QED) is 0.822. The maximum Gasteiger partial charge on any atom is 0.236 e. The molecular formula is C13H19ClN4O. The fourth-order valence-electron chi connectivity index (χ4n) is 2.11. The Balaban J connectivity index is 1.81. The summed E-state index contributed by atoms with van der Waals surface area (Å²) in [6.07, 6.45) is 1.74. The molecule has 1 aliphatic heterocycles. The molecule has 19 heavy (non-hydrogen) atoms. The fourth-order valence-corrected chi connectivity index (χ4v) is 2.22. The van der Waals surface area contributed by atoms with E-state index in [4.69, 9.17) is 11.6 Å². The molecule has 1 amide bonds. The third-order valence-electron chi connectivity index (χ3n) is 3.12. The topological polar surface area (TPSA) is 48.5 Å². The number of nitrogens with zero attached hydrogens (tertiary/aromatic N) is 3. The molecule has 1 saturated heterocycles. The summed E-state index contributed by atoms with van der Waals surface area (Å²) in [5.74, 6) is 0.186. The summed E-state index contributed by atoms with van der Waals surface area (Å²) < 4.78 is 0. The average Bonchev–Trinajstić information content (AvgIpc) is 2.42. The van der Waals surface area contributed by atoms with E-state index in [1.807, 2.05) is 22.9 Å². The van der Waals surface area contributed by atoms with Gasteiger partial charge in [0.15, 0.2) is 0 Å². The van der Waals surface area contributed by atoms with Crippen molar-refractivity contribution in [2.45, 2.75) is 6.54 Å². The highest BCUT2D eigenvalue weighted by Crippen LogP contribution is 2.07. The number of piperazine rings is 1. The van der Waals surface area contributed by atoms with Crippen molar-refractivity contribution in [2.24, 2.45) is 0 Å². The normalized spacial score (nSPS) is 15.8. The Morgan fingerprint density at radius 1 is 1.47 bits per heavy atom. The van der Waals surface area contributed by atoms with Gasteiger partial charge < -0.3 is 10.2 Å². The van der Waals surface area contributed by atoms with Crippen LogP contribution in [0.25, 0.3) is 0 Å². The predicted molar refractivity (Wildman–Crippen MR) is 75.0 cm³/mol. The minimum Gasteiger partial charge on any atom is -0.339 e. The Kier molecular flexibility index (Phi) is 5.13. The van der Waals surface area contributed by atoms with Crippen LogP contribution in [0.1, 0.15) is 5.56 Å². The van der Waals surface area contributed by atoms with E-state index in [0.717, 1.165) is 31.7 Å². The summed E-state index contributed by atoms with van der Waals surface area (Å²) in [7, 11) is 1.94. The van der Waals surface area contributed by atoms with Crippen LogP contribution >= 0.6 is 11.6 Å². The molecule has 0 radical (unpaired) electrons. The summed E-state index contributed by atoms with van der Waals surface area (Å²) in [6, 6.07) is 3.70. The molecule has 1 aromatic rings. The number of amides is 1. The number of nitrogens with one attached hydrogen (secondary N) is 1. The molecule has 0 aromatic carbocycles. The molecule has 0 atom stereocenters. The van der Waals surface area contributed by atoms with Crippen LogP contribution in [0.4, 0.5) is 0 Å². The van der Waals surface area contributed by atoms with Gasteiger partial charge in [-0.25, -0.2) is 4.98 Å². The Labute approximate surface area is 118 Å². The first kappa shape index (κ1) is 14.2. The number of likely N-dealkylation sites (N-methyl/N-ethyl adjacent to an activating group) is 1. The number of hydrogen-bond acceptors (Lipinski definition) is 4. The van der Waals surface area contributed by atoms with Crippen molar-refractivity contribution >= 4 is 17.5 Å². The first-order chi connectivity index (χ1) is 9.15. The first-order valence-corrected chi connectivity index (χ1v) is 6.80. The smallest absolute Gasteiger partial charge is 0.236 e. The molecule has 0 saturated carbocycles. The maximum absolute atomic E-state index is 12.1. The Morgan fingerprint density at radius 2 is 2.21 bits per heavy atom. The van der Waals surface area contributed by atoms with Crippen LogP contribution in [0.5, 0.6) is 0 Å². The summed E-state index contributed by atoms with van der Waals surface area (Å²) in [5.41, 5.74) is 1.06. The molecule has 0 aliphatic carbocycles. The number of carbonyl (C=O) groups excluding carboxylic acids is 1. The van der Waals surface area contributed by atoms with Crippen LogP contribution in [-0.4, -0.2) is 60.5 Å². The van der Waals surface area contributed by atoms with Crippen LogP contribution in [0.15, 0.2) is 18.3 Å². The molecule has 104 valence electrons. The number of pyridine rings is 1. The van der Waals surface area contributed by atoms with Gasteiger partial charge >= 0.3 is 0 Å². The lowest BCUT2D eigenvalue weighted by Crippen LogP contribution is -2.49. The van der Waals surface area contributed by atoms with Gasteiger partial charge in [-0.1, -0.05) is 17.7 Å². The second-order valence-electron chi connectivity index (χ2n) is 4.79. The van der Waals surface area contributed by atoms with E-state index in [0.29, 0.717) is 18.2 Å². The molecule has 1 aromatic heterocycles. The number of aromatic nitrogens is 1. The minimum atomic E-state index is 0.186. The standard InChI is InChI=1S/C13H19ClN4O/c1-17(9-11-2-3-12(14)16-8-11)10-13(19)18-6-4-15-5-7-18/h2-3,8,15H,4-7,9-10H2,1H3. The van der Waals surface area contributed by atoms with Gasteiger partial charge in [-0.2, -0.15) is 0 Å². The Hall–Kier alpha value is -1.17. The van der Waals surface area contributed by atoms with E-state index < -0.39 is 0 Å². The molecule has 1 aliphatic rings. The molecule has 1 fully saturated rings. The summed E-state index contributed by atoms with van der Waals surface area (Å²) in [5, 5.41) is 3.73. The van der Waals surface area contributed by atoms with Crippen molar-refractivity contribution in [3.63, 3.8) is 0 Å². The summed E-state index contributed by atoms with van der Waals surface area (Å²) >= 11 is 5.74. The van der Waals surface area contributed by atoms with Crippen molar-refractivity contribution in [2.75, 3.05) is 39.8 Å². The van der Waals surface area contributed by atoms with Gasteiger partial charge in [0.1, 0.15) is 5.15 Å². The van der Waals surface area contributed by atoms with E-state index in [-0.39, 0.29) is 5.91 Å². The maximum atomic E-state index is 12.1. The number of halogens is 1. The largest absolute Gasteiger partial charge is 0.339 e. The Bertz CT molecular complexity index is 417. The second kappa shape index (κ2) is 6.84. The monoisotopic (exact) mass is 282 g/mol. The van der Waals surface area contributed by atoms with Crippen molar-refractivity contribution < 1.29 is 4.79 Å². The molecule has 6 heteroatoms. The van der Waals surface area contributed by atoms with Gasteiger partial charge in [0, 0.05) is 38.9 Å². The second-order valence-corrected chi connectivity index (χ2v) is 5.18. The van der Waals surface area contributed by atoms with Crippen molar-refractivity contribution in [3.05, 3.63) is 29.0 Å². The van der Waals surface area contributed by atoms with E-state index in [9.17, 15) is 4.79 Å². The van der Waals surface area contributed by atoms with E-state index in [1.54, 1.807) is 12.3 Å². The summed E-state index contributed by atoms with van der Waals surface area (Å²) in [4.78, 5) is 20.0. The highest BCUT2D eigenvalue weighted by Gasteiger charge is 2.17. The van der Waals surface area contributed by atoms with Crippen molar-refractivity contribution in [1.82, 2.24) is 20.1 Å². The molecule has 2 heterocycles. The lowest BCUT2D eigenvalue weighted by Gasteiger charge is -2.29. The van der Waals surface area contributed by atoms with Gasteiger partial charge in [0.05, 0.1) is 6.54 Å². The summed E-state index contributed by atoms with van der Waals surface area (Å²) in [6.45, 7) is 4.50. The fraction of sp³-hybridized carbons (Fsp3) is 0.538. The average molecular weight is 283 g/mol. The van der Waals surface area contributed by atoms with Gasteiger partial charge in [0.25, 0.3) is 0 Å². The van der Waals surface area contributed by atoms with Crippen molar-refractivity contribution in [3.8, 4) is 0 Å². The first-order valence-electron chi connectivity index (χ1n) is 6.42. The van der Waals surface area contributed by atoms with Gasteiger partial charge in [-0.05, 0) is 18.7 Å². The predicted octanol–water partition coefficient (Wildman–Crippen LogP) is 0.599. The molecule has 5 nitrogen and oxygen atoms in total. The minimum absolute atomic E-state index is 0.186. The highest BCUT2D eigenvalue weighted by molar-refractivity contribution is 6.29. The van der Waals surface area contributed by atoms with E-state index in [1.165, 1.54) is 0 Å². The Morgan fingerprint density at radius 3 is 2.84 bits per heavy atom. The van der Waals surface area contributed by atoms with Gasteiger partial charge in [-0.3, -0.25) is 9.69 Å². The molecule has 2 rings (SSSR count). The van der Waals surface area contributed by atoms with Crippen LogP contribution in [0.2, 0.25) is 5.15 Å². The lowest BCUT2D eigenvalue weighted by atomic mass is 10.2. The van der Waals surface area contributed by atoms with Crippen LogP contribution in [-0.2, 0) is 11.3 Å². The SMILES string of the molecule is CN(CC(=O)N1CCNCC1)Cc1ccc(Cl)nc1. The van der Waals surface area contributed by atoms with Crippen LogP contribution < -0.4 is 5.32 Å². The zero-order valence-electron chi connectivity index (χ0n) is 11.1. The zero-order valence-corrected chi connectivity index (χ0v) is 11.9. The molecular weight excluding hydrogens is 264 g/mol. The number of rotatable bonds is 4. The third-order valence-corrected chi connectivity index (χ3v) is 3.34. The van der Waals surface area contributed by atoms with Gasteiger partial charge in [0.2, 0.25) is 5.91 Å². The third kappa shape index (κ3) is 4.45. The lowest BCUT2D eigenvalue weighted by molar-refractivity contribution is -0.132. The van der Waals surface area contributed by atoms with Crippen LogP contribution in [0.3, 0.4) is 0 Å². The number of hydrogen-bond donors (Lipinski definition) is 1. The number of carbonyl (C=O) groups is 1. The van der Waals surface area contributed by atoms with E-state index in [2.05, 4.69) is 10.3 Å². The molecule has 0 unspecified atom stereocenters.